The number of hydrogen-bond acceptors (Lipinski definition) is 6. The molecule has 0 unspecified atom stereocenters. The van der Waals surface area contributed by atoms with Crippen LogP contribution in [0.3, 0.4) is 0 Å². The largest absolute Gasteiger partial charge is 0.336 e. The summed E-state index contributed by atoms with van der Waals surface area (Å²) in [7, 11) is 0. The molecule has 1 aromatic rings. The third-order valence-electron chi connectivity index (χ3n) is 2.35. The Morgan fingerprint density at radius 3 is 2.33 bits per heavy atom. The molecule has 0 aliphatic carbocycles. The monoisotopic (exact) mass is 350 g/mol. The molecule has 0 atom stereocenters. The number of halogens is 1. The fraction of sp³-hybridized carbons (Fsp3) is 0.200. The van der Waals surface area contributed by atoms with E-state index in [9.17, 15) is 0 Å². The van der Waals surface area contributed by atoms with Crippen molar-refractivity contribution in [1.29, 1.82) is 0 Å². The van der Waals surface area contributed by atoms with E-state index in [-0.39, 0.29) is 0 Å². The van der Waals surface area contributed by atoms with E-state index in [4.69, 9.17) is 23.8 Å². The van der Waals surface area contributed by atoms with Gasteiger partial charge in [0.2, 0.25) is 0 Å². The minimum absolute atomic E-state index is 0.375. The topological polar surface area (TPSA) is 28.7 Å². The van der Waals surface area contributed by atoms with Gasteiger partial charge in [-0.25, -0.2) is 4.98 Å². The van der Waals surface area contributed by atoms with Crippen LogP contribution in [0.2, 0.25) is 5.15 Å². The highest BCUT2D eigenvalue weighted by atomic mass is 35.5. The van der Waals surface area contributed by atoms with E-state index >= 15 is 0 Å². The van der Waals surface area contributed by atoms with Gasteiger partial charge in [0.15, 0.2) is 5.15 Å². The molecule has 2 aliphatic heterocycles. The van der Waals surface area contributed by atoms with Crippen LogP contribution in [0.15, 0.2) is 28.3 Å². The Hall–Kier alpha value is 0.470. The number of rotatable bonds is 0. The number of aromatic nitrogens is 2. The van der Waals surface area contributed by atoms with Crippen molar-refractivity contribution in [2.75, 3.05) is 0 Å². The molecule has 0 fully saturated rings. The first-order chi connectivity index (χ1) is 8.54. The van der Waals surface area contributed by atoms with Crippen LogP contribution in [-0.2, 0) is 0 Å². The Labute approximate surface area is 132 Å². The Kier molecular flexibility index (Phi) is 3.81. The Morgan fingerprint density at radius 1 is 1.06 bits per heavy atom. The fourth-order valence-corrected chi connectivity index (χ4v) is 6.92. The number of allylic oxidation sites excluding steroid dienone is 2. The predicted molar refractivity (Wildman–Crippen MR) is 86.7 cm³/mol. The van der Waals surface area contributed by atoms with Crippen LogP contribution in [0.5, 0.6) is 0 Å². The zero-order valence-electron chi connectivity index (χ0n) is 9.37. The van der Waals surface area contributed by atoms with Crippen LogP contribution in [0.1, 0.15) is 13.8 Å². The van der Waals surface area contributed by atoms with Crippen LogP contribution >= 0.6 is 70.9 Å². The molecule has 0 saturated heterocycles. The van der Waals surface area contributed by atoms with Gasteiger partial charge in [0.1, 0.15) is 14.7 Å². The van der Waals surface area contributed by atoms with Crippen molar-refractivity contribution in [3.63, 3.8) is 0 Å². The number of aromatic amines is 1. The normalized spacial score (nSPS) is 18.8. The van der Waals surface area contributed by atoms with E-state index in [2.05, 4.69) is 23.8 Å². The van der Waals surface area contributed by atoms with Crippen molar-refractivity contribution in [2.24, 2.45) is 0 Å². The van der Waals surface area contributed by atoms with Gasteiger partial charge < -0.3 is 4.98 Å². The highest BCUT2D eigenvalue weighted by Crippen LogP contribution is 2.59. The highest BCUT2D eigenvalue weighted by Gasteiger charge is 2.27. The van der Waals surface area contributed by atoms with Gasteiger partial charge in [-0.3, -0.25) is 0 Å². The first kappa shape index (κ1) is 13.5. The van der Waals surface area contributed by atoms with Gasteiger partial charge in [-0.2, -0.15) is 0 Å². The van der Waals surface area contributed by atoms with E-state index in [1.165, 1.54) is 18.3 Å². The van der Waals surface area contributed by atoms with Gasteiger partial charge in [-0.15, -0.1) is 0 Å². The van der Waals surface area contributed by atoms with E-state index < -0.39 is 0 Å². The van der Waals surface area contributed by atoms with E-state index in [1.54, 1.807) is 23.5 Å². The quantitative estimate of drug-likeness (QED) is 0.590. The number of nitrogens with one attached hydrogen (secondary N) is 1. The van der Waals surface area contributed by atoms with Crippen LogP contribution in [0.25, 0.3) is 0 Å². The average molecular weight is 351 g/mol. The summed E-state index contributed by atoms with van der Waals surface area (Å²) in [6.45, 7) is 4.31. The van der Waals surface area contributed by atoms with Crippen molar-refractivity contribution < 1.29 is 0 Å². The highest BCUT2D eigenvalue weighted by molar-refractivity contribution is 8.32. The summed E-state index contributed by atoms with van der Waals surface area (Å²) in [6, 6.07) is 0. The lowest BCUT2D eigenvalue weighted by Crippen LogP contribution is -1.86. The number of nitrogens with zero attached hydrogens (tertiary/aromatic N) is 1. The summed E-state index contributed by atoms with van der Waals surface area (Å²) in [4.78, 5) is 10.2. The second kappa shape index (κ2) is 5.10. The first-order valence-electron chi connectivity index (χ1n) is 4.97. The maximum atomic E-state index is 5.94. The van der Waals surface area contributed by atoms with E-state index in [0.29, 0.717) is 9.79 Å². The molecule has 0 bridgehead atoms. The Bertz CT molecular complexity index is 645. The third kappa shape index (κ3) is 2.41. The van der Waals surface area contributed by atoms with Crippen molar-refractivity contribution in [2.45, 2.75) is 23.9 Å². The Morgan fingerprint density at radius 2 is 1.67 bits per heavy atom. The van der Waals surface area contributed by atoms with Crippen molar-refractivity contribution in [1.82, 2.24) is 9.97 Å². The molecule has 94 valence electrons. The molecule has 0 spiro atoms. The van der Waals surface area contributed by atoms with Gasteiger partial charge in [-0.1, -0.05) is 70.9 Å². The summed E-state index contributed by atoms with van der Waals surface area (Å²) >= 11 is 18.1. The first-order valence-corrected chi connectivity index (χ1v) is 9.03. The number of H-pyrrole nitrogens is 1. The molecule has 0 radical (unpaired) electrons. The second-order valence-electron chi connectivity index (χ2n) is 3.59. The van der Waals surface area contributed by atoms with Gasteiger partial charge in [0, 0.05) is 0 Å². The summed E-state index contributed by atoms with van der Waals surface area (Å²) in [5.74, 6) is 0. The standard InChI is InChI=1S/C10H7ClN2S5/c1-3-4(2)16-9(15-3)10-17-7-8(18-10)13-6(14)5(11)12-7/h1-2H3,(H,13,14). The third-order valence-corrected chi connectivity index (χ3v) is 8.57. The van der Waals surface area contributed by atoms with Gasteiger partial charge in [-0.05, 0) is 23.7 Å². The molecule has 0 amide bonds. The predicted octanol–water partition coefficient (Wildman–Crippen LogP) is 5.85. The smallest absolute Gasteiger partial charge is 0.165 e. The molecule has 3 rings (SSSR count). The maximum absolute atomic E-state index is 5.94. The minimum atomic E-state index is 0.375. The zero-order chi connectivity index (χ0) is 12.9. The molecule has 2 aliphatic rings. The molecule has 1 N–H and O–H groups in total. The summed E-state index contributed by atoms with van der Waals surface area (Å²) < 4.78 is 3.09. The number of hydrogen-bond donors (Lipinski definition) is 1. The molecular weight excluding hydrogens is 344 g/mol. The summed E-state index contributed by atoms with van der Waals surface area (Å²) in [6.07, 6.45) is 0. The molecule has 1 aromatic heterocycles. The van der Waals surface area contributed by atoms with E-state index in [1.807, 2.05) is 23.5 Å². The SMILES string of the molecule is CC1=C(C)SC(=C2Sc3nc(Cl)c(=S)[nH]c3S2)S1. The van der Waals surface area contributed by atoms with Crippen LogP contribution in [0.4, 0.5) is 0 Å². The molecular formula is C10H7ClN2S5. The van der Waals surface area contributed by atoms with Crippen molar-refractivity contribution in [3.8, 4) is 0 Å². The lowest BCUT2D eigenvalue weighted by Gasteiger charge is -1.99. The Balaban J connectivity index is 1.95. The molecule has 2 nitrogen and oxygen atoms in total. The van der Waals surface area contributed by atoms with Gasteiger partial charge in [0.25, 0.3) is 0 Å². The molecule has 18 heavy (non-hydrogen) atoms. The van der Waals surface area contributed by atoms with Crippen LogP contribution in [-0.4, -0.2) is 9.97 Å². The van der Waals surface area contributed by atoms with Crippen molar-refractivity contribution >= 4 is 70.9 Å². The molecule has 3 heterocycles. The molecule has 0 aromatic carbocycles. The van der Waals surface area contributed by atoms with Crippen LogP contribution < -0.4 is 0 Å². The average Bonchev–Trinajstić information content (AvgIpc) is 2.84. The maximum Gasteiger partial charge on any atom is 0.165 e. The lowest BCUT2D eigenvalue weighted by atomic mass is 10.6. The van der Waals surface area contributed by atoms with Crippen molar-refractivity contribution in [3.05, 3.63) is 28.1 Å². The van der Waals surface area contributed by atoms with Gasteiger partial charge in [0.05, 0.1) is 8.47 Å². The molecule has 0 saturated carbocycles. The summed E-state index contributed by atoms with van der Waals surface area (Å²) in [5.41, 5.74) is 0. The zero-order valence-corrected chi connectivity index (χ0v) is 14.2. The van der Waals surface area contributed by atoms with Gasteiger partial charge >= 0.3 is 0 Å². The molecule has 8 heteroatoms. The second-order valence-corrected chi connectivity index (χ2v) is 9.34. The fourth-order valence-electron chi connectivity index (χ4n) is 1.35. The van der Waals surface area contributed by atoms with E-state index in [0.717, 1.165) is 10.1 Å². The lowest BCUT2D eigenvalue weighted by molar-refractivity contribution is 0.920. The number of thioether (sulfide) groups is 4. The summed E-state index contributed by atoms with van der Waals surface area (Å²) in [5, 5.41) is 2.30. The number of fused-ring (bicyclic) bond motifs is 1. The minimum Gasteiger partial charge on any atom is -0.336 e. The van der Waals surface area contributed by atoms with Crippen LogP contribution in [0, 0.1) is 4.64 Å².